The molecule has 0 aromatic carbocycles. The quantitative estimate of drug-likeness (QED) is 0.679. The Morgan fingerprint density at radius 2 is 2.12 bits per heavy atom. The van der Waals surface area contributed by atoms with Crippen LogP contribution in [0.1, 0.15) is 57.2 Å². The van der Waals surface area contributed by atoms with E-state index in [0.29, 0.717) is 0 Å². The minimum absolute atomic E-state index is 0.00310. The molecule has 0 bridgehead atoms. The summed E-state index contributed by atoms with van der Waals surface area (Å²) in [6.07, 6.45) is 7.32. The highest BCUT2D eigenvalue weighted by molar-refractivity contribution is 7.07. The standard InChI is InChI=1S/C21H30N2OS/c1-3-21(4-2)17-20(10-13-24-21,19-7-5-6-11-23-19)9-12-22-15-18-8-14-25-16-18/h5-8,11,14,16,22H,3-4,9-10,12-13,15,17H2,1-2H3. The van der Waals surface area contributed by atoms with Crippen LogP contribution in [0, 0.1) is 0 Å². The first kappa shape index (κ1) is 18.6. The zero-order valence-corrected chi connectivity index (χ0v) is 16.3. The number of ether oxygens (including phenoxy) is 1. The third kappa shape index (κ3) is 4.30. The van der Waals surface area contributed by atoms with Crippen molar-refractivity contribution >= 4 is 11.3 Å². The maximum atomic E-state index is 6.26. The second-order valence-corrected chi connectivity index (χ2v) is 8.00. The summed E-state index contributed by atoms with van der Waals surface area (Å²) in [6, 6.07) is 8.54. The lowest BCUT2D eigenvalue weighted by molar-refractivity contribution is -0.113. The molecule has 0 amide bonds. The van der Waals surface area contributed by atoms with Gasteiger partial charge in [-0.05, 0) is 73.2 Å². The smallest absolute Gasteiger partial charge is 0.0686 e. The molecule has 1 fully saturated rings. The van der Waals surface area contributed by atoms with Crippen LogP contribution >= 0.6 is 11.3 Å². The lowest BCUT2D eigenvalue weighted by Gasteiger charge is -2.47. The fourth-order valence-corrected chi connectivity index (χ4v) is 4.78. The highest BCUT2D eigenvalue weighted by atomic mass is 32.1. The molecule has 0 radical (unpaired) electrons. The number of rotatable bonds is 8. The Morgan fingerprint density at radius 3 is 2.80 bits per heavy atom. The van der Waals surface area contributed by atoms with Crippen LogP contribution in [-0.2, 0) is 16.7 Å². The molecule has 25 heavy (non-hydrogen) atoms. The Labute approximate surface area is 155 Å². The summed E-state index contributed by atoms with van der Waals surface area (Å²) in [5.41, 5.74) is 2.73. The molecule has 0 saturated carbocycles. The van der Waals surface area contributed by atoms with Gasteiger partial charge in [0.1, 0.15) is 0 Å². The summed E-state index contributed by atoms with van der Waals surface area (Å²) in [7, 11) is 0. The minimum atomic E-state index is 0.00310. The van der Waals surface area contributed by atoms with E-state index in [1.54, 1.807) is 11.3 Å². The van der Waals surface area contributed by atoms with Crippen molar-refractivity contribution in [1.82, 2.24) is 10.3 Å². The lowest BCUT2D eigenvalue weighted by atomic mass is 9.67. The Kier molecular flexibility index (Phi) is 6.26. The van der Waals surface area contributed by atoms with Gasteiger partial charge in [-0.25, -0.2) is 0 Å². The maximum absolute atomic E-state index is 6.26. The molecule has 1 unspecified atom stereocenters. The Morgan fingerprint density at radius 1 is 1.24 bits per heavy atom. The van der Waals surface area contributed by atoms with E-state index in [1.165, 1.54) is 11.3 Å². The van der Waals surface area contributed by atoms with Crippen molar-refractivity contribution in [1.29, 1.82) is 0 Å². The van der Waals surface area contributed by atoms with Gasteiger partial charge in [-0.15, -0.1) is 0 Å². The largest absolute Gasteiger partial charge is 0.375 e. The van der Waals surface area contributed by atoms with Gasteiger partial charge in [0.15, 0.2) is 0 Å². The van der Waals surface area contributed by atoms with Gasteiger partial charge in [0.05, 0.1) is 5.60 Å². The van der Waals surface area contributed by atoms with E-state index in [-0.39, 0.29) is 11.0 Å². The minimum Gasteiger partial charge on any atom is -0.375 e. The number of nitrogens with one attached hydrogen (secondary N) is 1. The van der Waals surface area contributed by atoms with Crippen molar-refractivity contribution in [3.63, 3.8) is 0 Å². The zero-order chi connectivity index (χ0) is 17.6. The molecule has 1 saturated heterocycles. The topological polar surface area (TPSA) is 34.2 Å². The number of hydrogen-bond donors (Lipinski definition) is 1. The molecule has 1 aliphatic heterocycles. The Balaban J connectivity index is 1.73. The molecule has 2 aromatic rings. The van der Waals surface area contributed by atoms with E-state index in [4.69, 9.17) is 9.72 Å². The maximum Gasteiger partial charge on any atom is 0.0686 e. The average Bonchev–Trinajstić information content (AvgIpc) is 3.19. The molecule has 2 aromatic heterocycles. The van der Waals surface area contributed by atoms with Gasteiger partial charge in [0.2, 0.25) is 0 Å². The molecular weight excluding hydrogens is 328 g/mol. The van der Waals surface area contributed by atoms with Gasteiger partial charge in [0.25, 0.3) is 0 Å². The number of aromatic nitrogens is 1. The molecule has 3 nitrogen and oxygen atoms in total. The predicted molar refractivity (Wildman–Crippen MR) is 105 cm³/mol. The van der Waals surface area contributed by atoms with Gasteiger partial charge < -0.3 is 10.1 Å². The fourth-order valence-electron chi connectivity index (χ4n) is 4.11. The summed E-state index contributed by atoms with van der Waals surface area (Å²) in [4.78, 5) is 4.76. The van der Waals surface area contributed by atoms with Crippen molar-refractivity contribution in [3.05, 3.63) is 52.5 Å². The molecule has 1 N–H and O–H groups in total. The van der Waals surface area contributed by atoms with E-state index in [0.717, 1.165) is 51.8 Å². The second kappa shape index (κ2) is 8.43. The van der Waals surface area contributed by atoms with Gasteiger partial charge >= 0.3 is 0 Å². The number of thiophene rings is 1. The van der Waals surface area contributed by atoms with Gasteiger partial charge in [0, 0.05) is 30.5 Å². The summed E-state index contributed by atoms with van der Waals surface area (Å²) in [5, 5.41) is 7.99. The molecule has 3 rings (SSSR count). The third-order valence-corrected chi connectivity index (χ3v) is 6.57. The SMILES string of the molecule is CCC1(CC)CC(CCNCc2ccsc2)(c2ccccn2)CCO1. The van der Waals surface area contributed by atoms with Crippen molar-refractivity contribution in [2.24, 2.45) is 0 Å². The molecule has 1 aliphatic rings. The van der Waals surface area contributed by atoms with Gasteiger partial charge in [-0.1, -0.05) is 19.9 Å². The van der Waals surface area contributed by atoms with Crippen LogP contribution < -0.4 is 5.32 Å². The summed E-state index contributed by atoms with van der Waals surface area (Å²) in [5.74, 6) is 0. The number of pyridine rings is 1. The number of hydrogen-bond acceptors (Lipinski definition) is 4. The van der Waals surface area contributed by atoms with Crippen molar-refractivity contribution in [2.45, 2.75) is 63.5 Å². The fraction of sp³-hybridized carbons (Fsp3) is 0.571. The van der Waals surface area contributed by atoms with Crippen LogP contribution in [0.3, 0.4) is 0 Å². The Hall–Kier alpha value is -1.23. The monoisotopic (exact) mass is 358 g/mol. The van der Waals surface area contributed by atoms with Crippen molar-refractivity contribution in [2.75, 3.05) is 13.2 Å². The van der Waals surface area contributed by atoms with Crippen LogP contribution in [0.4, 0.5) is 0 Å². The molecule has 4 heteroatoms. The van der Waals surface area contributed by atoms with E-state index >= 15 is 0 Å². The third-order valence-electron chi connectivity index (χ3n) is 5.84. The normalized spacial score (nSPS) is 22.8. The molecule has 3 heterocycles. The average molecular weight is 359 g/mol. The molecule has 0 aliphatic carbocycles. The van der Waals surface area contributed by atoms with E-state index in [9.17, 15) is 0 Å². The summed E-state index contributed by atoms with van der Waals surface area (Å²) < 4.78 is 6.26. The zero-order valence-electron chi connectivity index (χ0n) is 15.5. The van der Waals surface area contributed by atoms with Crippen LogP contribution in [0.5, 0.6) is 0 Å². The molecule has 1 atom stereocenters. The van der Waals surface area contributed by atoms with Crippen molar-refractivity contribution in [3.8, 4) is 0 Å². The van der Waals surface area contributed by atoms with Crippen LogP contribution in [0.25, 0.3) is 0 Å². The van der Waals surface area contributed by atoms with E-state index in [2.05, 4.69) is 48.1 Å². The van der Waals surface area contributed by atoms with E-state index in [1.807, 2.05) is 12.3 Å². The highest BCUT2D eigenvalue weighted by Gasteiger charge is 2.45. The van der Waals surface area contributed by atoms with Gasteiger partial charge in [-0.3, -0.25) is 4.98 Å². The molecule has 136 valence electrons. The summed E-state index contributed by atoms with van der Waals surface area (Å²) >= 11 is 1.76. The van der Waals surface area contributed by atoms with Crippen LogP contribution in [0.15, 0.2) is 41.2 Å². The molecule has 0 spiro atoms. The first-order valence-corrected chi connectivity index (χ1v) is 10.4. The molecular formula is C21H30N2OS. The second-order valence-electron chi connectivity index (χ2n) is 7.22. The van der Waals surface area contributed by atoms with E-state index < -0.39 is 0 Å². The van der Waals surface area contributed by atoms with Crippen LogP contribution in [0.2, 0.25) is 0 Å². The van der Waals surface area contributed by atoms with Crippen molar-refractivity contribution < 1.29 is 4.74 Å². The van der Waals surface area contributed by atoms with Crippen LogP contribution in [-0.4, -0.2) is 23.7 Å². The first-order chi connectivity index (χ1) is 12.2. The highest BCUT2D eigenvalue weighted by Crippen LogP contribution is 2.45. The summed E-state index contributed by atoms with van der Waals surface area (Å²) in [6.45, 7) is 7.31. The Bertz CT molecular complexity index is 625. The first-order valence-electron chi connectivity index (χ1n) is 9.49. The van der Waals surface area contributed by atoms with Gasteiger partial charge in [-0.2, -0.15) is 11.3 Å². The number of nitrogens with zero attached hydrogens (tertiary/aromatic N) is 1. The lowest BCUT2D eigenvalue weighted by Crippen LogP contribution is -2.48. The predicted octanol–water partition coefficient (Wildman–Crippen LogP) is 4.93.